The fourth-order valence-electron chi connectivity index (χ4n) is 5.69. The van der Waals surface area contributed by atoms with E-state index in [9.17, 15) is 12.8 Å². The molecule has 210 valence electrons. The van der Waals surface area contributed by atoms with Gasteiger partial charge in [0.05, 0.1) is 18.4 Å². The Morgan fingerprint density at radius 3 is 2.62 bits per heavy atom. The molecule has 2 saturated heterocycles. The molecule has 1 N–H and O–H groups in total. The highest BCUT2D eigenvalue weighted by atomic mass is 32.2. The Labute approximate surface area is 229 Å². The van der Waals surface area contributed by atoms with E-state index >= 15 is 0 Å². The third-order valence-corrected chi connectivity index (χ3v) is 8.96. The molecule has 1 unspecified atom stereocenters. The first-order valence-corrected chi connectivity index (χ1v) is 15.5. The normalized spacial score (nSPS) is 23.8. The van der Waals surface area contributed by atoms with Crippen LogP contribution in [0.2, 0.25) is 0 Å². The zero-order valence-corrected chi connectivity index (χ0v) is 23.9. The van der Waals surface area contributed by atoms with Crippen LogP contribution in [-0.4, -0.2) is 80.4 Å². The quantitative estimate of drug-likeness (QED) is 0.435. The summed E-state index contributed by atoms with van der Waals surface area (Å²) in [6.07, 6.45) is 3.93. The fourth-order valence-corrected chi connectivity index (χ4v) is 6.85. The lowest BCUT2D eigenvalue weighted by molar-refractivity contribution is 0.0194. The molecule has 0 aliphatic carbocycles. The van der Waals surface area contributed by atoms with Crippen molar-refractivity contribution in [1.29, 1.82) is 0 Å². The number of nitrogens with one attached hydrogen (secondary N) is 1. The number of fused-ring (bicyclic) bond motifs is 1. The number of pyridine rings is 1. The van der Waals surface area contributed by atoms with Gasteiger partial charge in [-0.3, -0.25) is 0 Å². The summed E-state index contributed by atoms with van der Waals surface area (Å²) >= 11 is 0. The lowest BCUT2D eigenvalue weighted by atomic mass is 9.88. The number of methoxy groups -OCH3 is 1. The van der Waals surface area contributed by atoms with E-state index in [4.69, 9.17) is 9.72 Å². The average molecular weight is 557 g/mol. The Balaban J connectivity index is 1.40. The number of hydrogen-bond acceptors (Lipinski definition) is 9. The van der Waals surface area contributed by atoms with Crippen molar-refractivity contribution in [2.75, 3.05) is 53.9 Å². The third kappa shape index (κ3) is 5.79. The van der Waals surface area contributed by atoms with Gasteiger partial charge in [-0.25, -0.2) is 22.8 Å². The summed E-state index contributed by atoms with van der Waals surface area (Å²) in [5.41, 5.74) is 2.27. The monoisotopic (exact) mass is 556 g/mol. The number of nitrogens with zero attached hydrogens (tertiary/aromatic N) is 5. The Kier molecular flexibility index (Phi) is 7.65. The second-order valence-electron chi connectivity index (χ2n) is 11.1. The summed E-state index contributed by atoms with van der Waals surface area (Å²) in [4.78, 5) is 17.8. The minimum absolute atomic E-state index is 0.119. The van der Waals surface area contributed by atoms with Gasteiger partial charge in [0.25, 0.3) is 0 Å². The highest BCUT2D eigenvalue weighted by molar-refractivity contribution is 7.90. The maximum Gasteiger partial charge on any atom is 0.227 e. The molecular formula is C28H37FN6O3S. The minimum Gasteiger partial charge on any atom is -0.378 e. The van der Waals surface area contributed by atoms with Crippen LogP contribution in [0.15, 0.2) is 36.7 Å². The van der Waals surface area contributed by atoms with E-state index in [-0.39, 0.29) is 24.3 Å². The highest BCUT2D eigenvalue weighted by Crippen LogP contribution is 2.39. The van der Waals surface area contributed by atoms with E-state index in [1.807, 2.05) is 17.2 Å². The molecule has 0 spiro atoms. The number of aromatic nitrogens is 3. The van der Waals surface area contributed by atoms with Gasteiger partial charge in [-0.2, -0.15) is 4.98 Å². The molecule has 2 aliphatic heterocycles. The zero-order valence-electron chi connectivity index (χ0n) is 23.1. The van der Waals surface area contributed by atoms with Gasteiger partial charge >= 0.3 is 0 Å². The number of piperidine rings is 1. The molecule has 0 radical (unpaired) electrons. The molecule has 4 atom stereocenters. The van der Waals surface area contributed by atoms with Gasteiger partial charge in [0, 0.05) is 61.9 Å². The largest absolute Gasteiger partial charge is 0.378 e. The number of sulfone groups is 1. The number of benzene rings is 1. The molecule has 4 heterocycles. The van der Waals surface area contributed by atoms with Crippen molar-refractivity contribution < 1.29 is 17.5 Å². The summed E-state index contributed by atoms with van der Waals surface area (Å²) in [5.74, 6) is 2.33. The molecule has 2 fully saturated rings. The second kappa shape index (κ2) is 10.8. The molecule has 5 rings (SSSR count). The van der Waals surface area contributed by atoms with Gasteiger partial charge in [0.15, 0.2) is 0 Å². The molecule has 2 aliphatic rings. The molecule has 9 nitrogen and oxygen atoms in total. The molecule has 0 bridgehead atoms. The van der Waals surface area contributed by atoms with Crippen LogP contribution in [0.4, 0.5) is 27.7 Å². The lowest BCUT2D eigenvalue weighted by Gasteiger charge is -2.48. The summed E-state index contributed by atoms with van der Waals surface area (Å²) in [6, 6.07) is 8.22. The van der Waals surface area contributed by atoms with Crippen LogP contribution in [0.5, 0.6) is 0 Å². The predicted octanol–water partition coefficient (Wildman–Crippen LogP) is 4.32. The Morgan fingerprint density at radius 1 is 1.15 bits per heavy atom. The number of hydrogen-bond donors (Lipinski definition) is 1. The minimum atomic E-state index is -3.02. The van der Waals surface area contributed by atoms with Crippen LogP contribution in [0, 0.1) is 5.92 Å². The van der Waals surface area contributed by atoms with Gasteiger partial charge in [-0.1, -0.05) is 19.9 Å². The summed E-state index contributed by atoms with van der Waals surface area (Å²) in [6.45, 7) is 7.93. The van der Waals surface area contributed by atoms with E-state index < -0.39 is 22.1 Å². The zero-order chi connectivity index (χ0) is 27.9. The Bertz CT molecular complexity index is 1450. The summed E-state index contributed by atoms with van der Waals surface area (Å²) < 4.78 is 43.3. The van der Waals surface area contributed by atoms with Gasteiger partial charge in [0.1, 0.15) is 27.6 Å². The first kappa shape index (κ1) is 27.5. The smallest absolute Gasteiger partial charge is 0.227 e. The molecule has 11 heteroatoms. The van der Waals surface area contributed by atoms with Crippen molar-refractivity contribution in [2.24, 2.45) is 5.92 Å². The average Bonchev–Trinajstić information content (AvgIpc) is 2.89. The fraction of sp³-hybridized carbons (Fsp3) is 0.536. The van der Waals surface area contributed by atoms with Crippen molar-refractivity contribution >= 4 is 43.9 Å². The molecular weight excluding hydrogens is 519 g/mol. The molecule has 2 aromatic heterocycles. The van der Waals surface area contributed by atoms with Gasteiger partial charge in [0.2, 0.25) is 5.95 Å². The molecule has 0 amide bonds. The van der Waals surface area contributed by atoms with E-state index in [1.165, 1.54) is 18.9 Å². The van der Waals surface area contributed by atoms with E-state index in [0.717, 1.165) is 16.5 Å². The van der Waals surface area contributed by atoms with Crippen molar-refractivity contribution in [3.8, 4) is 0 Å². The topological polar surface area (TPSA) is 101 Å². The maximum atomic E-state index is 14.4. The van der Waals surface area contributed by atoms with Crippen molar-refractivity contribution in [3.63, 3.8) is 0 Å². The number of rotatable bonds is 8. The van der Waals surface area contributed by atoms with Crippen LogP contribution in [-0.2, 0) is 14.6 Å². The van der Waals surface area contributed by atoms with Crippen LogP contribution in [0.25, 0.3) is 10.8 Å². The number of ether oxygens (including phenoxy) is 1. The standard InChI is InChI=1S/C28H37FN6O3S/c1-17(2)20-6-7-24(35-14-19(18(35)3)16-39(5,36)37)22-13-31-27(12-21(20)22)32-26-8-10-30-28(33-26)34-11-9-25(38-4)23(29)15-34/h6-8,10,12-13,17-19,23,25H,9,11,14-16H2,1-5H3,(H,30,31,32,33)/t18-,19?,23+,25-/m1/s1. The lowest BCUT2D eigenvalue weighted by Crippen LogP contribution is -2.57. The maximum absolute atomic E-state index is 14.4. The van der Waals surface area contributed by atoms with Crippen LogP contribution in [0.3, 0.4) is 0 Å². The van der Waals surface area contributed by atoms with Gasteiger partial charge in [-0.15, -0.1) is 0 Å². The molecule has 0 saturated carbocycles. The van der Waals surface area contributed by atoms with Crippen LogP contribution in [0.1, 0.15) is 38.7 Å². The third-order valence-electron chi connectivity index (χ3n) is 7.93. The molecule has 39 heavy (non-hydrogen) atoms. The van der Waals surface area contributed by atoms with E-state index in [1.54, 1.807) is 12.3 Å². The first-order valence-electron chi connectivity index (χ1n) is 13.4. The Morgan fingerprint density at radius 2 is 1.95 bits per heavy atom. The second-order valence-corrected chi connectivity index (χ2v) is 13.3. The SMILES string of the molecule is CO[C@@H]1CCN(c2nccc(Nc3cc4c(C(C)C)ccc(N5CC(CS(C)(=O)=O)[C@H]5C)c4cn3)n2)C[C@@H]1F. The summed E-state index contributed by atoms with van der Waals surface area (Å²) in [5, 5.41) is 5.43. The molecule has 3 aromatic rings. The van der Waals surface area contributed by atoms with Crippen molar-refractivity contribution in [2.45, 2.75) is 51.4 Å². The van der Waals surface area contributed by atoms with Crippen LogP contribution < -0.4 is 15.1 Å². The highest BCUT2D eigenvalue weighted by Gasteiger charge is 2.38. The number of halogens is 1. The predicted molar refractivity (Wildman–Crippen MR) is 154 cm³/mol. The molecule has 1 aromatic carbocycles. The Hall–Kier alpha value is -3.05. The summed E-state index contributed by atoms with van der Waals surface area (Å²) in [7, 11) is -1.48. The van der Waals surface area contributed by atoms with E-state index in [2.05, 4.69) is 53.1 Å². The van der Waals surface area contributed by atoms with Crippen molar-refractivity contribution in [3.05, 3.63) is 42.2 Å². The van der Waals surface area contributed by atoms with Gasteiger partial charge < -0.3 is 19.9 Å². The number of alkyl halides is 1. The van der Waals surface area contributed by atoms with Crippen molar-refractivity contribution in [1.82, 2.24) is 15.0 Å². The van der Waals surface area contributed by atoms with Gasteiger partial charge in [-0.05, 0) is 48.4 Å². The number of anilines is 4. The van der Waals surface area contributed by atoms with E-state index in [0.29, 0.717) is 43.0 Å². The first-order chi connectivity index (χ1) is 18.5. The van der Waals surface area contributed by atoms with Crippen LogP contribution >= 0.6 is 0 Å².